The number of hydrogen-bond acceptors (Lipinski definition) is 6. The number of ether oxygens (including phenoxy) is 1. The van der Waals surface area contributed by atoms with E-state index in [0.717, 1.165) is 76.6 Å². The molecule has 4 aromatic rings. The van der Waals surface area contributed by atoms with Gasteiger partial charge in [-0.05, 0) is 36.2 Å². The zero-order chi connectivity index (χ0) is 20.2. The molecule has 0 bridgehead atoms. The number of likely N-dealkylation sites (N-methyl/N-ethyl adjacent to an activating group) is 1. The monoisotopic (exact) mass is 437 g/mol. The lowest BCUT2D eigenvalue weighted by Gasteiger charge is -2.25. The first-order valence-corrected chi connectivity index (χ1v) is 11.5. The van der Waals surface area contributed by atoms with E-state index in [9.17, 15) is 0 Å². The van der Waals surface area contributed by atoms with Crippen molar-refractivity contribution in [1.29, 1.82) is 0 Å². The lowest BCUT2D eigenvalue weighted by Crippen LogP contribution is -2.30. The molecule has 2 aliphatic heterocycles. The second-order valence-electron chi connectivity index (χ2n) is 7.84. The summed E-state index contributed by atoms with van der Waals surface area (Å²) < 4.78 is 13.5. The van der Waals surface area contributed by atoms with Gasteiger partial charge in [0.05, 0.1) is 15.9 Å². The average molecular weight is 438 g/mol. The smallest absolute Gasteiger partial charge is 0.182 e. The highest BCUT2D eigenvalue weighted by Gasteiger charge is 2.35. The summed E-state index contributed by atoms with van der Waals surface area (Å²) in [6.45, 7) is 5.11. The van der Waals surface area contributed by atoms with E-state index in [4.69, 9.17) is 20.9 Å². The highest BCUT2D eigenvalue weighted by Crippen LogP contribution is 2.47. The summed E-state index contributed by atoms with van der Waals surface area (Å²) in [7, 11) is 0. The minimum atomic E-state index is -0.175. The molecular formula is C23H20ClN3O2S. The van der Waals surface area contributed by atoms with Crippen molar-refractivity contribution in [3.63, 3.8) is 0 Å². The van der Waals surface area contributed by atoms with Gasteiger partial charge in [-0.3, -0.25) is 9.88 Å². The summed E-state index contributed by atoms with van der Waals surface area (Å²) >= 11 is 8.20. The molecule has 6 rings (SSSR count). The fourth-order valence-corrected chi connectivity index (χ4v) is 5.69. The van der Waals surface area contributed by atoms with Crippen molar-refractivity contribution in [1.82, 2.24) is 15.0 Å². The van der Waals surface area contributed by atoms with Gasteiger partial charge < -0.3 is 9.26 Å². The quantitative estimate of drug-likeness (QED) is 0.414. The summed E-state index contributed by atoms with van der Waals surface area (Å²) in [4.78, 5) is 6.89. The SMILES string of the molecule is CCN1CCc2noc(C3Cc4cc(Cl)cc(-c5ccnc6ccsc56)c4O3)c2C1. The maximum absolute atomic E-state index is 6.53. The standard InChI is InChI=1S/C23H20ClN3O2S/c1-2-27-7-4-18-17(12-27)22(29-26-18)20-10-13-9-14(24)11-16(21(13)28-20)15-3-6-25-19-5-8-30-23(15)19/h3,5-6,8-9,11,20H,2,4,7,10,12H2,1H3. The molecule has 0 aliphatic carbocycles. The molecule has 0 N–H and O–H groups in total. The van der Waals surface area contributed by atoms with Crippen LogP contribution in [0.4, 0.5) is 0 Å². The van der Waals surface area contributed by atoms with Crippen molar-refractivity contribution >= 4 is 33.2 Å². The van der Waals surface area contributed by atoms with Crippen molar-refractivity contribution in [2.24, 2.45) is 0 Å². The summed E-state index contributed by atoms with van der Waals surface area (Å²) in [5.74, 6) is 1.75. The fraction of sp³-hybridized carbons (Fsp3) is 0.304. The second-order valence-corrected chi connectivity index (χ2v) is 9.19. The Morgan fingerprint density at radius 2 is 2.20 bits per heavy atom. The van der Waals surface area contributed by atoms with Crippen LogP contribution < -0.4 is 4.74 Å². The summed E-state index contributed by atoms with van der Waals surface area (Å²) in [6, 6.07) is 8.08. The molecule has 1 atom stereocenters. The van der Waals surface area contributed by atoms with E-state index in [1.807, 2.05) is 30.5 Å². The number of fused-ring (bicyclic) bond motifs is 3. The van der Waals surface area contributed by atoms with Gasteiger partial charge in [0.15, 0.2) is 11.9 Å². The molecule has 0 fully saturated rings. The fourth-order valence-electron chi connectivity index (χ4n) is 4.57. The van der Waals surface area contributed by atoms with Gasteiger partial charge in [0.1, 0.15) is 5.75 Å². The molecule has 3 aromatic heterocycles. The molecule has 152 valence electrons. The first-order valence-electron chi connectivity index (χ1n) is 10.2. The first kappa shape index (κ1) is 18.4. The number of hydrogen-bond donors (Lipinski definition) is 0. The minimum Gasteiger partial charge on any atom is -0.481 e. The first-order chi connectivity index (χ1) is 14.7. The summed E-state index contributed by atoms with van der Waals surface area (Å²) in [6.07, 6.45) is 3.33. The van der Waals surface area contributed by atoms with Crippen molar-refractivity contribution in [3.05, 3.63) is 63.4 Å². The van der Waals surface area contributed by atoms with E-state index in [1.54, 1.807) is 11.3 Å². The second kappa shape index (κ2) is 7.08. The number of rotatable bonds is 3. The van der Waals surface area contributed by atoms with E-state index in [2.05, 4.69) is 27.3 Å². The van der Waals surface area contributed by atoms with Crippen LogP contribution in [-0.2, 0) is 19.4 Å². The molecule has 7 heteroatoms. The lowest BCUT2D eigenvalue weighted by atomic mass is 9.98. The van der Waals surface area contributed by atoms with Crippen LogP contribution >= 0.6 is 22.9 Å². The van der Waals surface area contributed by atoms with Crippen LogP contribution in [0.5, 0.6) is 5.75 Å². The molecular weight excluding hydrogens is 418 g/mol. The lowest BCUT2D eigenvalue weighted by molar-refractivity contribution is 0.186. The molecule has 0 amide bonds. The Labute approximate surface area is 183 Å². The number of benzene rings is 1. The van der Waals surface area contributed by atoms with E-state index in [-0.39, 0.29) is 6.10 Å². The van der Waals surface area contributed by atoms with Gasteiger partial charge in [-0.15, -0.1) is 11.3 Å². The van der Waals surface area contributed by atoms with Crippen LogP contribution in [0.1, 0.15) is 35.6 Å². The molecule has 0 saturated carbocycles. The Kier molecular flexibility index (Phi) is 4.33. The van der Waals surface area contributed by atoms with Gasteiger partial charge in [0.25, 0.3) is 0 Å². The third kappa shape index (κ3) is 2.86. The van der Waals surface area contributed by atoms with Crippen LogP contribution in [0, 0.1) is 0 Å². The van der Waals surface area contributed by atoms with E-state index >= 15 is 0 Å². The highest BCUT2D eigenvalue weighted by atomic mass is 35.5. The zero-order valence-corrected chi connectivity index (χ0v) is 18.1. The maximum Gasteiger partial charge on any atom is 0.182 e. The molecule has 2 aliphatic rings. The Bertz CT molecular complexity index is 1260. The van der Waals surface area contributed by atoms with E-state index in [1.165, 1.54) is 5.56 Å². The van der Waals surface area contributed by atoms with Gasteiger partial charge in [0, 0.05) is 59.4 Å². The summed E-state index contributed by atoms with van der Waals surface area (Å²) in [5, 5.41) is 7.13. The van der Waals surface area contributed by atoms with Crippen LogP contribution in [0.2, 0.25) is 5.02 Å². The molecule has 5 heterocycles. The van der Waals surface area contributed by atoms with Gasteiger partial charge in [-0.2, -0.15) is 0 Å². The van der Waals surface area contributed by atoms with Crippen LogP contribution in [0.25, 0.3) is 21.3 Å². The molecule has 1 unspecified atom stereocenters. The van der Waals surface area contributed by atoms with Crippen LogP contribution in [-0.4, -0.2) is 28.1 Å². The molecule has 0 saturated heterocycles. The third-order valence-electron chi connectivity index (χ3n) is 6.12. The van der Waals surface area contributed by atoms with E-state index < -0.39 is 0 Å². The van der Waals surface area contributed by atoms with Crippen LogP contribution in [0.3, 0.4) is 0 Å². The molecule has 5 nitrogen and oxygen atoms in total. The number of aromatic nitrogens is 2. The molecule has 1 aromatic carbocycles. The minimum absolute atomic E-state index is 0.175. The number of pyridine rings is 1. The molecule has 0 spiro atoms. The summed E-state index contributed by atoms with van der Waals surface area (Å²) in [5.41, 5.74) is 6.48. The maximum atomic E-state index is 6.53. The molecule has 30 heavy (non-hydrogen) atoms. The van der Waals surface area contributed by atoms with Gasteiger partial charge in [-0.25, -0.2) is 0 Å². The number of nitrogens with zero attached hydrogens (tertiary/aromatic N) is 3. The number of halogens is 1. The highest BCUT2D eigenvalue weighted by molar-refractivity contribution is 7.17. The van der Waals surface area contributed by atoms with Crippen LogP contribution in [0.15, 0.2) is 40.4 Å². The largest absolute Gasteiger partial charge is 0.481 e. The van der Waals surface area contributed by atoms with Crippen molar-refractivity contribution < 1.29 is 9.26 Å². The predicted octanol–water partition coefficient (Wildman–Crippen LogP) is 5.66. The van der Waals surface area contributed by atoms with Gasteiger partial charge >= 0.3 is 0 Å². The Morgan fingerprint density at radius 1 is 1.27 bits per heavy atom. The van der Waals surface area contributed by atoms with Gasteiger partial charge in [-0.1, -0.05) is 23.7 Å². The van der Waals surface area contributed by atoms with E-state index in [0.29, 0.717) is 5.02 Å². The van der Waals surface area contributed by atoms with Gasteiger partial charge in [0.2, 0.25) is 0 Å². The predicted molar refractivity (Wildman–Crippen MR) is 118 cm³/mol. The third-order valence-corrected chi connectivity index (χ3v) is 7.27. The Balaban J connectivity index is 1.42. The normalized spacial score (nSPS) is 18.4. The van der Waals surface area contributed by atoms with Crippen molar-refractivity contribution in [3.8, 4) is 16.9 Å². The molecule has 0 radical (unpaired) electrons. The average Bonchev–Trinajstić information content (AvgIpc) is 3.49. The topological polar surface area (TPSA) is 51.4 Å². The Hall–Kier alpha value is -2.41. The number of thiophene rings is 1. The van der Waals surface area contributed by atoms with Crippen molar-refractivity contribution in [2.75, 3.05) is 13.1 Å². The Morgan fingerprint density at radius 3 is 3.10 bits per heavy atom. The van der Waals surface area contributed by atoms with Crippen molar-refractivity contribution in [2.45, 2.75) is 32.4 Å². The zero-order valence-electron chi connectivity index (χ0n) is 16.5.